The second kappa shape index (κ2) is 10.4. The largest absolute Gasteiger partial charge is 0.292 e. The van der Waals surface area contributed by atoms with E-state index in [1.807, 2.05) is 13.8 Å². The molecule has 0 unspecified atom stereocenters. The molecule has 0 aromatic heterocycles. The van der Waals surface area contributed by atoms with E-state index in [0.29, 0.717) is 10.0 Å². The molecule has 4 rings (SSSR count). The number of amides is 3. The van der Waals surface area contributed by atoms with Crippen LogP contribution >= 0.6 is 69.6 Å². The summed E-state index contributed by atoms with van der Waals surface area (Å²) in [7, 11) is 0. The van der Waals surface area contributed by atoms with Crippen LogP contribution in [0.5, 0.6) is 0 Å². The number of carbonyl (C=O) groups is 4. The van der Waals surface area contributed by atoms with Gasteiger partial charge in [-0.2, -0.15) is 5.01 Å². The molecule has 0 N–H and O–H groups in total. The molecule has 6 nitrogen and oxygen atoms in total. The number of benzene rings is 3. The Morgan fingerprint density at radius 3 is 1.76 bits per heavy atom. The molecule has 37 heavy (non-hydrogen) atoms. The zero-order valence-electron chi connectivity index (χ0n) is 19.0. The normalized spacial score (nSPS) is 12.7. The van der Waals surface area contributed by atoms with Crippen LogP contribution in [0.2, 0.25) is 30.1 Å². The van der Waals surface area contributed by atoms with Gasteiger partial charge in [-0.3, -0.25) is 19.2 Å². The average molecular weight is 619 g/mol. The van der Waals surface area contributed by atoms with Crippen molar-refractivity contribution in [2.45, 2.75) is 13.8 Å². The quantitative estimate of drug-likeness (QED) is 0.127. The van der Waals surface area contributed by atoms with E-state index in [0.717, 1.165) is 11.1 Å². The van der Waals surface area contributed by atoms with Crippen molar-refractivity contribution in [3.63, 3.8) is 0 Å². The molecule has 0 saturated heterocycles. The van der Waals surface area contributed by atoms with Gasteiger partial charge in [-0.15, -0.1) is 0 Å². The van der Waals surface area contributed by atoms with Gasteiger partial charge in [-0.05, 0) is 49.2 Å². The Morgan fingerprint density at radius 2 is 1.24 bits per heavy atom. The van der Waals surface area contributed by atoms with Crippen molar-refractivity contribution in [2.24, 2.45) is 0 Å². The number of rotatable bonds is 5. The first-order valence-corrected chi connectivity index (χ1v) is 12.7. The Hall–Kier alpha value is -2.32. The van der Waals surface area contributed by atoms with Crippen molar-refractivity contribution < 1.29 is 19.2 Å². The highest BCUT2D eigenvalue weighted by atomic mass is 35.5. The fourth-order valence-corrected chi connectivity index (χ4v) is 5.02. The van der Waals surface area contributed by atoms with Gasteiger partial charge in [0.25, 0.3) is 17.7 Å². The van der Waals surface area contributed by atoms with Gasteiger partial charge in [-0.1, -0.05) is 81.7 Å². The van der Waals surface area contributed by atoms with Crippen LogP contribution in [-0.4, -0.2) is 40.1 Å². The van der Waals surface area contributed by atoms with Crippen molar-refractivity contribution in [1.29, 1.82) is 0 Å². The van der Waals surface area contributed by atoms with E-state index < -0.39 is 30.0 Å². The number of fused-ring (bicyclic) bond motifs is 1. The first-order valence-electron chi connectivity index (χ1n) is 10.5. The maximum Gasteiger partial charge on any atom is 0.282 e. The van der Waals surface area contributed by atoms with E-state index in [9.17, 15) is 19.2 Å². The predicted molar refractivity (Wildman–Crippen MR) is 145 cm³/mol. The molecule has 3 aromatic carbocycles. The summed E-state index contributed by atoms with van der Waals surface area (Å²) in [5, 5.41) is 0.352. The van der Waals surface area contributed by atoms with Crippen molar-refractivity contribution in [3.05, 3.63) is 99.9 Å². The lowest BCUT2D eigenvalue weighted by molar-refractivity contribution is 0.00532. The third kappa shape index (κ3) is 4.83. The highest BCUT2D eigenvalue weighted by Gasteiger charge is 2.46. The molecule has 0 spiro atoms. The van der Waals surface area contributed by atoms with Crippen molar-refractivity contribution in [2.75, 3.05) is 6.54 Å². The van der Waals surface area contributed by atoms with E-state index in [1.54, 1.807) is 18.2 Å². The summed E-state index contributed by atoms with van der Waals surface area (Å²) in [5.74, 6) is -3.44. The van der Waals surface area contributed by atoms with Gasteiger partial charge < -0.3 is 0 Å². The fourth-order valence-electron chi connectivity index (χ4n) is 3.71. The lowest BCUT2D eigenvalue weighted by Crippen LogP contribution is -2.51. The molecule has 0 radical (unpaired) electrons. The number of Topliss-reactive ketones (excluding diaryl/α,β-unsaturated/α-hetero) is 1. The van der Waals surface area contributed by atoms with Crippen LogP contribution in [0.15, 0.2) is 36.4 Å². The van der Waals surface area contributed by atoms with Crippen LogP contribution in [0.1, 0.15) is 52.6 Å². The van der Waals surface area contributed by atoms with E-state index in [1.165, 1.54) is 18.2 Å². The van der Waals surface area contributed by atoms with Gasteiger partial charge in [-0.25, -0.2) is 5.01 Å². The zero-order valence-corrected chi connectivity index (χ0v) is 23.5. The van der Waals surface area contributed by atoms with Crippen LogP contribution in [0, 0.1) is 13.8 Å². The summed E-state index contributed by atoms with van der Waals surface area (Å²) in [4.78, 5) is 53.8. The number of hydrogen-bond acceptors (Lipinski definition) is 4. The molecule has 1 heterocycles. The Kier molecular flexibility index (Phi) is 7.82. The Labute approximate surface area is 241 Å². The number of ketones is 1. The molecule has 0 atom stereocenters. The van der Waals surface area contributed by atoms with Crippen molar-refractivity contribution in [1.82, 2.24) is 10.0 Å². The average Bonchev–Trinajstić information content (AvgIpc) is 3.12. The van der Waals surface area contributed by atoms with E-state index >= 15 is 0 Å². The summed E-state index contributed by atoms with van der Waals surface area (Å²) >= 11 is 36.7. The topological polar surface area (TPSA) is 74.8 Å². The standard InChI is InChI=1S/C25H14Cl6N2O4/c1-10-3-4-12(7-11(10)2)16(34)9-32(23(35)13-5-6-14(26)15(27)8-13)33-24(36)17-18(25(33)37)20(29)22(31)21(30)19(17)28/h3-8H,9H2,1-2H3. The highest BCUT2D eigenvalue weighted by molar-refractivity contribution is 6.55. The number of nitrogens with zero attached hydrogens (tertiary/aromatic N) is 2. The molecular formula is C25H14Cl6N2O4. The van der Waals surface area contributed by atoms with E-state index in [-0.39, 0.29) is 52.4 Å². The van der Waals surface area contributed by atoms with Crippen LogP contribution in [-0.2, 0) is 0 Å². The third-order valence-electron chi connectivity index (χ3n) is 5.84. The lowest BCUT2D eigenvalue weighted by Gasteiger charge is -2.29. The molecule has 1 aliphatic rings. The number of carbonyl (C=O) groups excluding carboxylic acids is 4. The maximum atomic E-state index is 13.6. The minimum absolute atomic E-state index is 0.0351. The van der Waals surface area contributed by atoms with E-state index in [4.69, 9.17) is 69.6 Å². The molecule has 3 amide bonds. The molecule has 1 aliphatic heterocycles. The lowest BCUT2D eigenvalue weighted by atomic mass is 10.0. The molecule has 190 valence electrons. The van der Waals surface area contributed by atoms with Crippen LogP contribution in [0.4, 0.5) is 0 Å². The minimum Gasteiger partial charge on any atom is -0.292 e. The fraction of sp³-hybridized carbons (Fsp3) is 0.120. The van der Waals surface area contributed by atoms with Crippen molar-refractivity contribution in [3.8, 4) is 0 Å². The second-order valence-corrected chi connectivity index (χ2v) is 10.5. The van der Waals surface area contributed by atoms with Gasteiger partial charge in [0, 0.05) is 11.1 Å². The first-order chi connectivity index (χ1) is 17.3. The molecule has 0 aliphatic carbocycles. The van der Waals surface area contributed by atoms with Crippen LogP contribution in [0.3, 0.4) is 0 Å². The van der Waals surface area contributed by atoms with Crippen LogP contribution in [0.25, 0.3) is 0 Å². The number of halogens is 6. The van der Waals surface area contributed by atoms with Crippen LogP contribution < -0.4 is 0 Å². The van der Waals surface area contributed by atoms with Crippen molar-refractivity contribution >= 4 is 93.1 Å². The molecule has 0 saturated carbocycles. The Bertz CT molecular complexity index is 1490. The zero-order chi connectivity index (χ0) is 27.3. The maximum absolute atomic E-state index is 13.6. The summed E-state index contributed by atoms with van der Waals surface area (Å²) in [5.41, 5.74) is 1.37. The van der Waals surface area contributed by atoms with Gasteiger partial charge >= 0.3 is 0 Å². The number of hydrazine groups is 1. The molecule has 0 fully saturated rings. The Balaban J connectivity index is 1.84. The van der Waals surface area contributed by atoms with Gasteiger partial charge in [0.05, 0.1) is 41.3 Å². The molecular weight excluding hydrogens is 605 g/mol. The summed E-state index contributed by atoms with van der Waals surface area (Å²) in [6, 6.07) is 8.95. The number of aryl methyl sites for hydroxylation is 2. The Morgan fingerprint density at radius 1 is 0.703 bits per heavy atom. The summed E-state index contributed by atoms with van der Waals surface area (Å²) in [6.45, 7) is 3.03. The summed E-state index contributed by atoms with van der Waals surface area (Å²) in [6.07, 6.45) is 0. The first kappa shape index (κ1) is 27.7. The summed E-state index contributed by atoms with van der Waals surface area (Å²) < 4.78 is 0. The molecule has 12 heteroatoms. The van der Waals surface area contributed by atoms with E-state index in [2.05, 4.69) is 0 Å². The van der Waals surface area contributed by atoms with Gasteiger partial charge in [0.1, 0.15) is 6.54 Å². The number of hydrogen-bond donors (Lipinski definition) is 0. The highest BCUT2D eigenvalue weighted by Crippen LogP contribution is 2.45. The van der Waals surface area contributed by atoms with Gasteiger partial charge in [0.2, 0.25) is 0 Å². The monoisotopic (exact) mass is 616 g/mol. The SMILES string of the molecule is Cc1ccc(C(=O)CN(C(=O)c2ccc(Cl)c(Cl)c2)N2C(=O)c3c(Cl)c(Cl)c(Cl)c(Cl)c3C2=O)cc1C. The molecule has 3 aromatic rings. The predicted octanol–water partition coefficient (Wildman–Crippen LogP) is 7.76. The molecule has 0 bridgehead atoms. The third-order valence-corrected chi connectivity index (χ3v) is 8.39. The van der Waals surface area contributed by atoms with Gasteiger partial charge in [0.15, 0.2) is 5.78 Å². The minimum atomic E-state index is -1.01. The smallest absolute Gasteiger partial charge is 0.282 e. The second-order valence-electron chi connectivity index (χ2n) is 8.14. The number of imide groups is 1.